The number of aromatic nitrogens is 4. The van der Waals surface area contributed by atoms with Gasteiger partial charge in [-0.2, -0.15) is 0 Å². The van der Waals surface area contributed by atoms with Gasteiger partial charge in [-0.15, -0.1) is 0 Å². The van der Waals surface area contributed by atoms with Gasteiger partial charge in [-0.1, -0.05) is 79.6 Å². The predicted octanol–water partition coefficient (Wildman–Crippen LogP) is 10.3. The van der Waals surface area contributed by atoms with Gasteiger partial charge in [0.15, 0.2) is 0 Å². The minimum absolute atomic E-state index is 0.133. The first-order valence-electron chi connectivity index (χ1n) is 17.8. The molecule has 0 bridgehead atoms. The molecule has 0 fully saturated rings. The van der Waals surface area contributed by atoms with Crippen molar-refractivity contribution in [3.8, 4) is 0 Å². The Bertz CT molecular complexity index is 2740. The largest absolute Gasteiger partial charge is 0.448 e. The van der Waals surface area contributed by atoms with E-state index >= 15 is 0 Å². The molecule has 0 saturated carbocycles. The molecule has 0 amide bonds. The molecule has 4 aromatic heterocycles. The van der Waals surface area contributed by atoms with Crippen LogP contribution in [0.4, 0.5) is 9.59 Å². The van der Waals surface area contributed by atoms with Gasteiger partial charge in [0.2, 0.25) is 0 Å². The van der Waals surface area contributed by atoms with Crippen LogP contribution >= 0.6 is 43.2 Å². The lowest BCUT2D eigenvalue weighted by atomic mass is 9.96. The molecule has 0 saturated heterocycles. The van der Waals surface area contributed by atoms with Crippen molar-refractivity contribution in [3.63, 3.8) is 0 Å². The van der Waals surface area contributed by atoms with Gasteiger partial charge in [-0.25, -0.2) is 18.7 Å². The second-order valence-electron chi connectivity index (χ2n) is 12.7. The fourth-order valence-corrected chi connectivity index (χ4v) is 9.62. The molecule has 0 atom stereocenters. The maximum atomic E-state index is 13.0. The van der Waals surface area contributed by atoms with Crippen LogP contribution in [0.1, 0.15) is 22.3 Å². The van der Waals surface area contributed by atoms with Crippen molar-refractivity contribution in [2.75, 3.05) is 37.2 Å². The van der Waals surface area contributed by atoms with E-state index in [1.165, 1.54) is 0 Å². The summed E-state index contributed by atoms with van der Waals surface area (Å²) in [5.74, 6) is 1.46. The Morgan fingerprint density at radius 1 is 0.607 bits per heavy atom. The summed E-state index contributed by atoms with van der Waals surface area (Å²) in [6.07, 6.45) is 10.2. The first-order valence-corrected chi connectivity index (χ1v) is 23.3. The van der Waals surface area contributed by atoms with Crippen LogP contribution in [0.25, 0.3) is 65.2 Å². The van der Waals surface area contributed by atoms with Crippen molar-refractivity contribution in [2.24, 2.45) is 0 Å². The molecule has 2 N–H and O–H groups in total. The molecule has 4 heterocycles. The van der Waals surface area contributed by atoms with E-state index in [-0.39, 0.29) is 13.2 Å². The highest BCUT2D eigenvalue weighted by molar-refractivity contribution is 8.76. The van der Waals surface area contributed by atoms with Gasteiger partial charge in [0.1, 0.15) is 13.2 Å². The normalized spacial score (nSPS) is 11.5. The number of ether oxygens (including phenoxy) is 2. The molecule has 56 heavy (non-hydrogen) atoms. The third-order valence-electron chi connectivity index (χ3n) is 9.87. The average Bonchev–Trinajstić information content (AvgIpc) is 3.76. The zero-order valence-corrected chi connectivity index (χ0v) is 34.5. The van der Waals surface area contributed by atoms with Crippen molar-refractivity contribution in [1.82, 2.24) is 19.1 Å². The molecule has 0 spiro atoms. The number of benzene rings is 4. The van der Waals surface area contributed by atoms with Gasteiger partial charge in [0.05, 0.1) is 35.3 Å². The van der Waals surface area contributed by atoms with Crippen LogP contribution in [-0.2, 0) is 22.7 Å². The summed E-state index contributed by atoms with van der Waals surface area (Å²) < 4.78 is 14.4. The van der Waals surface area contributed by atoms with Crippen LogP contribution in [-0.4, -0.2) is 78.7 Å². The van der Waals surface area contributed by atoms with Crippen LogP contribution in [0.2, 0.25) is 0 Å². The fourth-order valence-electron chi connectivity index (χ4n) is 7.57. The second-order valence-corrected chi connectivity index (χ2v) is 18.1. The van der Waals surface area contributed by atoms with Crippen molar-refractivity contribution in [1.29, 1.82) is 0 Å². The summed E-state index contributed by atoms with van der Waals surface area (Å²) in [5.41, 5.74) is 6.55. The summed E-state index contributed by atoms with van der Waals surface area (Å²) in [7, 11) is 6.60. The molecule has 4 aromatic carbocycles. The van der Waals surface area contributed by atoms with E-state index in [1.54, 1.807) is 70.9 Å². The van der Waals surface area contributed by atoms with Crippen molar-refractivity contribution in [3.05, 3.63) is 108 Å². The minimum atomic E-state index is -0.421. The molecule has 0 aliphatic rings. The van der Waals surface area contributed by atoms with Gasteiger partial charge in [0, 0.05) is 74.2 Å². The molecular formula is C42H40N4O6S4. The van der Waals surface area contributed by atoms with Crippen LogP contribution < -0.4 is 0 Å². The molecule has 14 heteroatoms. The van der Waals surface area contributed by atoms with E-state index in [9.17, 15) is 19.8 Å². The fraction of sp³-hybridized carbons (Fsp3) is 0.238. The SMILES string of the molecule is CSSCCOC(=O)n1c2ccccc2c2c(C)c3cnccc3c(CO)c21.CSSCCOC(=O)n1c2ccccc2c2c(CO)c3cnccc3c(C)c21. The van der Waals surface area contributed by atoms with Crippen LogP contribution in [0, 0.1) is 13.8 Å². The Hall–Kier alpha value is -4.44. The zero-order valence-electron chi connectivity index (χ0n) is 31.3. The molecule has 8 rings (SSSR count). The maximum Gasteiger partial charge on any atom is 0.419 e. The lowest BCUT2D eigenvalue weighted by Gasteiger charge is -2.13. The standard InChI is InChI=1S/2C21H20N2O3S2/c1-13-16-11-22-8-7-14(16)17(12-24)20-19(13)15-5-3-4-6-18(15)23(20)21(25)26-9-10-28-27-2;1-13-14-7-8-22-11-16(14)17(12-24)19-15-5-3-4-6-18(15)23(20(13)19)21(25)26-9-10-28-27-2/h2*3-8,11,24H,9-10,12H2,1-2H3. The van der Waals surface area contributed by atoms with Crippen molar-refractivity contribution in [2.45, 2.75) is 27.1 Å². The van der Waals surface area contributed by atoms with E-state index in [0.717, 1.165) is 87.8 Å². The summed E-state index contributed by atoms with van der Waals surface area (Å²) in [6, 6.07) is 19.3. The monoisotopic (exact) mass is 824 g/mol. The highest BCUT2D eigenvalue weighted by Crippen LogP contribution is 2.40. The molecule has 0 aliphatic carbocycles. The number of para-hydroxylation sites is 2. The van der Waals surface area contributed by atoms with Crippen molar-refractivity contribution >= 4 is 121 Å². The van der Waals surface area contributed by atoms with Gasteiger partial charge < -0.3 is 19.7 Å². The van der Waals surface area contributed by atoms with E-state index < -0.39 is 12.2 Å². The second kappa shape index (κ2) is 17.8. The number of hydrogen-bond donors (Lipinski definition) is 2. The Labute approximate surface area is 339 Å². The van der Waals surface area contributed by atoms with E-state index in [0.29, 0.717) is 24.3 Å². The third-order valence-corrected chi connectivity index (χ3v) is 13.4. The molecule has 0 aliphatic heterocycles. The van der Waals surface area contributed by atoms with Gasteiger partial charge in [0.25, 0.3) is 0 Å². The summed E-state index contributed by atoms with van der Waals surface area (Å²) in [4.78, 5) is 34.6. The number of aliphatic hydroxyl groups excluding tert-OH is 2. The number of rotatable bonds is 10. The number of carbonyl (C=O) groups excluding carboxylic acids is 2. The molecule has 0 radical (unpaired) electrons. The quantitative estimate of drug-likeness (QED) is 0.101. The molecule has 288 valence electrons. The summed E-state index contributed by atoms with van der Waals surface area (Å²) in [6.45, 7) is 4.41. The number of carbonyl (C=O) groups is 2. The maximum absolute atomic E-state index is 13.0. The number of aliphatic hydroxyl groups is 2. The zero-order chi connectivity index (χ0) is 39.3. The number of nitrogens with zero attached hydrogens (tertiary/aromatic N) is 4. The first-order chi connectivity index (χ1) is 27.4. The Balaban J connectivity index is 0.000000172. The lowest BCUT2D eigenvalue weighted by molar-refractivity contribution is 0.156. The van der Waals surface area contributed by atoms with Crippen LogP contribution in [0.15, 0.2) is 85.5 Å². The Kier molecular flexibility index (Phi) is 12.6. The number of fused-ring (bicyclic) bond motifs is 8. The summed E-state index contributed by atoms with van der Waals surface area (Å²) >= 11 is 0. The first kappa shape index (κ1) is 39.8. The third kappa shape index (κ3) is 7.18. The minimum Gasteiger partial charge on any atom is -0.448 e. The van der Waals surface area contributed by atoms with Crippen molar-refractivity contribution < 1.29 is 29.3 Å². The highest BCUT2D eigenvalue weighted by Gasteiger charge is 2.25. The van der Waals surface area contributed by atoms with E-state index in [1.807, 2.05) is 93.2 Å². The predicted molar refractivity (Wildman–Crippen MR) is 236 cm³/mol. The molecular weight excluding hydrogens is 785 g/mol. The van der Waals surface area contributed by atoms with Gasteiger partial charge >= 0.3 is 12.2 Å². The van der Waals surface area contributed by atoms with Crippen LogP contribution in [0.3, 0.4) is 0 Å². The van der Waals surface area contributed by atoms with Crippen LogP contribution in [0.5, 0.6) is 0 Å². The topological polar surface area (TPSA) is 129 Å². The average molecular weight is 825 g/mol. The number of hydrogen-bond acceptors (Lipinski definition) is 12. The van der Waals surface area contributed by atoms with E-state index in [4.69, 9.17) is 9.47 Å². The lowest BCUT2D eigenvalue weighted by Crippen LogP contribution is -2.16. The van der Waals surface area contributed by atoms with Gasteiger partial charge in [-0.05, 0) is 78.1 Å². The number of aryl methyl sites for hydroxylation is 2. The molecule has 0 unspecified atom stereocenters. The highest BCUT2D eigenvalue weighted by atomic mass is 33.1. The molecule has 10 nitrogen and oxygen atoms in total. The van der Waals surface area contributed by atoms with Gasteiger partial charge in [-0.3, -0.25) is 9.97 Å². The van der Waals surface area contributed by atoms with E-state index in [2.05, 4.69) is 9.97 Å². The molecule has 8 aromatic rings. The summed E-state index contributed by atoms with van der Waals surface area (Å²) in [5, 5.41) is 27.9. The Morgan fingerprint density at radius 2 is 1.12 bits per heavy atom. The smallest absolute Gasteiger partial charge is 0.419 e. The number of pyridine rings is 2. The Morgan fingerprint density at radius 3 is 1.70 bits per heavy atom.